The molecule has 12 heavy (non-hydrogen) atoms. The van der Waals surface area contributed by atoms with Gasteiger partial charge in [-0.25, -0.2) is 0 Å². The van der Waals surface area contributed by atoms with E-state index in [9.17, 15) is 0 Å². The van der Waals surface area contributed by atoms with Gasteiger partial charge in [-0.2, -0.15) is 0 Å². The molecule has 0 radical (unpaired) electrons. The smallest absolute Gasteiger partial charge is 0.0537 e. The molecule has 0 fully saturated rings. The Balaban J connectivity index is 2.52. The fourth-order valence-corrected chi connectivity index (χ4v) is 3.93. The third kappa shape index (κ3) is 1.30. The van der Waals surface area contributed by atoms with Crippen LogP contribution in [0.25, 0.3) is 0 Å². The van der Waals surface area contributed by atoms with Crippen molar-refractivity contribution in [2.24, 2.45) is 0 Å². The first-order valence-corrected chi connectivity index (χ1v) is 6.47. The molecular weight excluding hydrogens is 348 g/mol. The van der Waals surface area contributed by atoms with Gasteiger partial charge in [0.25, 0.3) is 0 Å². The largest absolute Gasteiger partial charge is 0.0859 e. The third-order valence-electron chi connectivity index (χ3n) is 2.15. The monoisotopic (exact) mass is 352 g/mol. The van der Waals surface area contributed by atoms with Crippen LogP contribution in [0.4, 0.5) is 0 Å². The zero-order valence-corrected chi connectivity index (χ0v) is 10.9. The summed E-state index contributed by atoms with van der Waals surface area (Å²) in [6, 6.07) is 8.50. The molecule has 0 saturated carbocycles. The maximum absolute atomic E-state index is 3.67. The van der Waals surface area contributed by atoms with Gasteiger partial charge in [-0.05, 0) is 11.1 Å². The maximum Gasteiger partial charge on any atom is 0.0537 e. The summed E-state index contributed by atoms with van der Waals surface area (Å²) in [5.41, 5.74) is 2.78. The van der Waals surface area contributed by atoms with E-state index in [0.29, 0.717) is 14.5 Å². The summed E-state index contributed by atoms with van der Waals surface area (Å²) in [6.07, 6.45) is 0. The number of hydrogen-bond donors (Lipinski definition) is 0. The minimum absolute atomic E-state index is 0.429. The number of rotatable bonds is 0. The highest BCUT2D eigenvalue weighted by atomic mass is 79.9. The van der Waals surface area contributed by atoms with Crippen molar-refractivity contribution in [1.29, 1.82) is 0 Å². The molecule has 0 saturated heterocycles. The van der Waals surface area contributed by atoms with Crippen molar-refractivity contribution in [1.82, 2.24) is 0 Å². The van der Waals surface area contributed by atoms with Crippen LogP contribution in [-0.2, 0) is 0 Å². The van der Waals surface area contributed by atoms with Crippen molar-refractivity contribution < 1.29 is 0 Å². The van der Waals surface area contributed by atoms with E-state index in [1.807, 2.05) is 0 Å². The second-order valence-corrected chi connectivity index (χ2v) is 5.91. The average molecular weight is 355 g/mol. The molecule has 0 heterocycles. The number of hydrogen-bond acceptors (Lipinski definition) is 0. The minimum Gasteiger partial charge on any atom is -0.0859 e. The molecular formula is C9H7Br3. The van der Waals surface area contributed by atoms with E-state index >= 15 is 0 Å². The zero-order chi connectivity index (χ0) is 8.72. The minimum atomic E-state index is 0.429. The topological polar surface area (TPSA) is 0 Å². The molecule has 1 aromatic rings. The molecule has 0 spiro atoms. The fourth-order valence-electron chi connectivity index (χ4n) is 1.50. The van der Waals surface area contributed by atoms with Crippen molar-refractivity contribution in [2.45, 2.75) is 14.5 Å². The summed E-state index contributed by atoms with van der Waals surface area (Å²) >= 11 is 11.0. The van der Waals surface area contributed by atoms with Crippen molar-refractivity contribution in [2.75, 3.05) is 0 Å². The number of fused-ring (bicyclic) bond motifs is 1. The molecule has 0 bridgehead atoms. The van der Waals surface area contributed by atoms with Crippen LogP contribution in [-0.4, -0.2) is 4.83 Å². The molecule has 0 aliphatic heterocycles. The Morgan fingerprint density at radius 1 is 0.833 bits per heavy atom. The Bertz CT molecular complexity index is 269. The Morgan fingerprint density at radius 3 is 1.67 bits per heavy atom. The number of alkyl halides is 3. The third-order valence-corrected chi connectivity index (χ3v) is 6.75. The first-order chi connectivity index (χ1) is 5.72. The first kappa shape index (κ1) is 9.22. The highest BCUT2D eigenvalue weighted by molar-refractivity contribution is 9.13. The van der Waals surface area contributed by atoms with Gasteiger partial charge in [-0.1, -0.05) is 72.1 Å². The lowest BCUT2D eigenvalue weighted by Gasteiger charge is -2.08. The Hall–Kier alpha value is 0.660. The van der Waals surface area contributed by atoms with E-state index in [-0.39, 0.29) is 0 Å². The summed E-state index contributed by atoms with van der Waals surface area (Å²) in [7, 11) is 0. The van der Waals surface area contributed by atoms with Crippen molar-refractivity contribution in [3.05, 3.63) is 35.4 Å². The lowest BCUT2D eigenvalue weighted by Crippen LogP contribution is -2.00. The van der Waals surface area contributed by atoms with E-state index in [1.165, 1.54) is 11.1 Å². The quantitative estimate of drug-likeness (QED) is 0.608. The van der Waals surface area contributed by atoms with Gasteiger partial charge in [0.2, 0.25) is 0 Å². The molecule has 0 amide bonds. The molecule has 2 rings (SSSR count). The van der Waals surface area contributed by atoms with Crippen molar-refractivity contribution >= 4 is 47.8 Å². The summed E-state index contributed by atoms with van der Waals surface area (Å²) in [5, 5.41) is 0. The maximum atomic E-state index is 3.67. The van der Waals surface area contributed by atoms with Gasteiger partial charge in [0.15, 0.2) is 0 Å². The standard InChI is InChI=1S/C9H7Br3/c10-7-5-3-1-2-4-6(5)8(11)9(7)12/h1-4,7-9H. The molecule has 0 aromatic heterocycles. The Kier molecular flexibility index (Phi) is 2.64. The van der Waals surface area contributed by atoms with E-state index in [4.69, 9.17) is 0 Å². The second-order valence-electron chi connectivity index (χ2n) is 2.88. The lowest BCUT2D eigenvalue weighted by molar-refractivity contribution is 0.936. The van der Waals surface area contributed by atoms with Crippen LogP contribution >= 0.6 is 47.8 Å². The van der Waals surface area contributed by atoms with Gasteiger partial charge >= 0.3 is 0 Å². The van der Waals surface area contributed by atoms with Gasteiger partial charge in [-0.3, -0.25) is 0 Å². The summed E-state index contributed by atoms with van der Waals surface area (Å²) < 4.78 is 0. The van der Waals surface area contributed by atoms with E-state index in [0.717, 1.165) is 0 Å². The molecule has 1 aliphatic carbocycles. The van der Waals surface area contributed by atoms with Gasteiger partial charge in [-0.15, -0.1) is 0 Å². The van der Waals surface area contributed by atoms with Crippen LogP contribution in [0.3, 0.4) is 0 Å². The van der Waals surface area contributed by atoms with Crippen molar-refractivity contribution in [3.8, 4) is 0 Å². The SMILES string of the molecule is BrC1c2ccccc2C(Br)C1Br. The molecule has 64 valence electrons. The van der Waals surface area contributed by atoms with Crippen LogP contribution in [0, 0.1) is 0 Å². The van der Waals surface area contributed by atoms with Gasteiger partial charge in [0.1, 0.15) is 0 Å². The summed E-state index contributed by atoms with van der Waals surface area (Å²) in [6.45, 7) is 0. The molecule has 1 aliphatic rings. The molecule has 0 nitrogen and oxygen atoms in total. The van der Waals surface area contributed by atoms with Crippen LogP contribution in [0.15, 0.2) is 24.3 Å². The van der Waals surface area contributed by atoms with Gasteiger partial charge in [0, 0.05) is 4.83 Å². The van der Waals surface area contributed by atoms with Crippen LogP contribution in [0.5, 0.6) is 0 Å². The van der Waals surface area contributed by atoms with Crippen LogP contribution in [0.1, 0.15) is 20.8 Å². The molecule has 0 N–H and O–H groups in total. The normalized spacial score (nSPS) is 33.4. The highest BCUT2D eigenvalue weighted by Gasteiger charge is 2.35. The average Bonchev–Trinajstić information content (AvgIpc) is 2.33. The Morgan fingerprint density at radius 2 is 1.25 bits per heavy atom. The summed E-state index contributed by atoms with van der Waals surface area (Å²) in [5.74, 6) is 0. The fraction of sp³-hybridized carbons (Fsp3) is 0.333. The predicted molar refractivity (Wildman–Crippen MR) is 62.5 cm³/mol. The lowest BCUT2D eigenvalue weighted by atomic mass is 10.1. The highest BCUT2D eigenvalue weighted by Crippen LogP contribution is 2.51. The van der Waals surface area contributed by atoms with E-state index in [2.05, 4.69) is 72.1 Å². The second kappa shape index (κ2) is 3.43. The summed E-state index contributed by atoms with van der Waals surface area (Å²) in [4.78, 5) is 1.31. The predicted octanol–water partition coefficient (Wildman–Crippen LogP) is 4.34. The van der Waals surface area contributed by atoms with Crippen molar-refractivity contribution in [3.63, 3.8) is 0 Å². The molecule has 3 heteroatoms. The van der Waals surface area contributed by atoms with Gasteiger partial charge in [0.05, 0.1) is 9.65 Å². The van der Waals surface area contributed by atoms with Crippen LogP contribution < -0.4 is 0 Å². The number of benzene rings is 1. The Labute approximate surface area is 97.1 Å². The first-order valence-electron chi connectivity index (χ1n) is 3.73. The van der Waals surface area contributed by atoms with E-state index in [1.54, 1.807) is 0 Å². The zero-order valence-electron chi connectivity index (χ0n) is 6.18. The molecule has 2 atom stereocenters. The van der Waals surface area contributed by atoms with E-state index < -0.39 is 0 Å². The van der Waals surface area contributed by atoms with Crippen LogP contribution in [0.2, 0.25) is 0 Å². The molecule has 2 unspecified atom stereocenters. The van der Waals surface area contributed by atoms with Gasteiger partial charge < -0.3 is 0 Å². The molecule has 1 aromatic carbocycles. The number of halogens is 3.